The third kappa shape index (κ3) is 2.06. The fourth-order valence-corrected chi connectivity index (χ4v) is 7.00. The van der Waals surface area contributed by atoms with Gasteiger partial charge in [-0.2, -0.15) is 5.10 Å². The van der Waals surface area contributed by atoms with Gasteiger partial charge in [0.15, 0.2) is 17.1 Å². The molecule has 4 aromatic rings. The first-order valence-corrected chi connectivity index (χ1v) is 10.5. The lowest BCUT2D eigenvalue weighted by Crippen LogP contribution is -2.58. The number of aromatic nitrogens is 9. The van der Waals surface area contributed by atoms with Crippen molar-refractivity contribution in [3.63, 3.8) is 0 Å². The molecule has 4 saturated carbocycles. The molecule has 0 unspecified atom stereocenters. The van der Waals surface area contributed by atoms with Crippen LogP contribution in [-0.2, 0) is 18.0 Å². The molecule has 4 aliphatic carbocycles. The summed E-state index contributed by atoms with van der Waals surface area (Å²) in [6.07, 6.45) is 12.3. The van der Waals surface area contributed by atoms with Crippen molar-refractivity contribution in [1.82, 2.24) is 44.1 Å². The Hall–Kier alpha value is -2.55. The lowest BCUT2D eigenvalue weighted by atomic mass is 9.46. The standard InChI is InChI=1S/C19H20ClN9/c1-27-14-13(7-23-27)15-24-16(25-28(15)9-21-14)18-3-11-2-12(4-18)6-19(5-11,8-18)29-10-22-17(20)26-29/h7,9-12H,2-6,8H2,1H3/t11-,12-,18?,19?/m1/s1. The SMILES string of the molecule is Cn1ncc2c1ncn1nc(C34C[C@H]5C[C@H](C3)CC(n3cnc(Cl)n3)(C5)C4)nc21. The van der Waals surface area contributed by atoms with Crippen molar-refractivity contribution >= 4 is 28.3 Å². The van der Waals surface area contributed by atoms with Crippen LogP contribution >= 0.6 is 11.6 Å². The van der Waals surface area contributed by atoms with Crippen LogP contribution in [0.15, 0.2) is 18.9 Å². The van der Waals surface area contributed by atoms with Crippen LogP contribution in [0.3, 0.4) is 0 Å². The van der Waals surface area contributed by atoms with E-state index in [0.29, 0.717) is 17.1 Å². The van der Waals surface area contributed by atoms with Crippen LogP contribution in [0.2, 0.25) is 5.28 Å². The number of hydrogen-bond donors (Lipinski definition) is 0. The van der Waals surface area contributed by atoms with Crippen LogP contribution < -0.4 is 0 Å². The van der Waals surface area contributed by atoms with Crippen LogP contribution in [-0.4, -0.2) is 44.1 Å². The molecule has 0 amide bonds. The highest BCUT2D eigenvalue weighted by Gasteiger charge is 2.61. The molecule has 148 valence electrons. The van der Waals surface area contributed by atoms with Gasteiger partial charge in [0.2, 0.25) is 5.28 Å². The van der Waals surface area contributed by atoms with Gasteiger partial charge in [0.1, 0.15) is 12.7 Å². The molecular formula is C19H20ClN9. The number of aryl methyl sites for hydroxylation is 1. The Morgan fingerprint density at radius 1 is 1.03 bits per heavy atom. The average molecular weight is 410 g/mol. The van der Waals surface area contributed by atoms with Gasteiger partial charge in [-0.25, -0.2) is 24.1 Å². The molecule has 0 N–H and O–H groups in total. The molecule has 0 saturated heterocycles. The quantitative estimate of drug-likeness (QED) is 0.505. The summed E-state index contributed by atoms with van der Waals surface area (Å²) in [6.45, 7) is 0. The fraction of sp³-hybridized carbons (Fsp3) is 0.579. The molecule has 0 radical (unpaired) electrons. The monoisotopic (exact) mass is 409 g/mol. The topological polar surface area (TPSA) is 91.6 Å². The summed E-state index contributed by atoms with van der Waals surface area (Å²) in [5.74, 6) is 2.28. The van der Waals surface area contributed by atoms with Crippen LogP contribution in [0.25, 0.3) is 16.7 Å². The number of nitrogens with zero attached hydrogens (tertiary/aromatic N) is 9. The molecule has 4 aliphatic rings. The van der Waals surface area contributed by atoms with E-state index in [2.05, 4.69) is 20.2 Å². The zero-order valence-electron chi connectivity index (χ0n) is 16.0. The Morgan fingerprint density at radius 2 is 1.86 bits per heavy atom. The number of rotatable bonds is 2. The summed E-state index contributed by atoms with van der Waals surface area (Å²) < 4.78 is 5.63. The Balaban J connectivity index is 1.40. The van der Waals surface area contributed by atoms with Crippen LogP contribution in [0.4, 0.5) is 0 Å². The third-order valence-electron chi connectivity index (χ3n) is 7.52. The predicted octanol–water partition coefficient (Wildman–Crippen LogP) is 2.50. The van der Waals surface area contributed by atoms with Gasteiger partial charge in [-0.1, -0.05) is 0 Å². The van der Waals surface area contributed by atoms with Gasteiger partial charge in [-0.15, -0.1) is 10.2 Å². The molecule has 4 aromatic heterocycles. The minimum absolute atomic E-state index is 0.0242. The van der Waals surface area contributed by atoms with Crippen molar-refractivity contribution in [1.29, 1.82) is 0 Å². The third-order valence-corrected chi connectivity index (χ3v) is 7.70. The molecule has 4 bridgehead atoms. The highest BCUT2D eigenvalue weighted by Crippen LogP contribution is 2.64. The Labute approximate surface area is 171 Å². The first-order chi connectivity index (χ1) is 14.0. The second-order valence-corrected chi connectivity index (χ2v) is 9.72. The van der Waals surface area contributed by atoms with E-state index in [4.69, 9.17) is 21.7 Å². The smallest absolute Gasteiger partial charge is 0.242 e. The summed E-state index contributed by atoms with van der Waals surface area (Å²) in [6, 6.07) is 0. The van der Waals surface area contributed by atoms with Crippen LogP contribution in [0.5, 0.6) is 0 Å². The van der Waals surface area contributed by atoms with Crippen molar-refractivity contribution in [3.05, 3.63) is 30.0 Å². The first-order valence-electron chi connectivity index (χ1n) is 10.1. The van der Waals surface area contributed by atoms with Crippen molar-refractivity contribution < 1.29 is 0 Å². The van der Waals surface area contributed by atoms with E-state index in [1.807, 2.05) is 28.8 Å². The second-order valence-electron chi connectivity index (χ2n) is 9.38. The Kier molecular flexibility index (Phi) is 2.88. The summed E-state index contributed by atoms with van der Waals surface area (Å²) >= 11 is 6.08. The van der Waals surface area contributed by atoms with Gasteiger partial charge < -0.3 is 0 Å². The molecule has 2 atom stereocenters. The van der Waals surface area contributed by atoms with Crippen molar-refractivity contribution in [2.45, 2.75) is 49.5 Å². The van der Waals surface area contributed by atoms with Gasteiger partial charge in [0, 0.05) is 12.5 Å². The second kappa shape index (κ2) is 5.13. The maximum Gasteiger partial charge on any atom is 0.242 e. The molecule has 4 fully saturated rings. The molecule has 0 aliphatic heterocycles. The molecule has 4 heterocycles. The Bertz CT molecular complexity index is 1270. The largest absolute Gasteiger partial charge is 0.250 e. The molecule has 9 nitrogen and oxygen atoms in total. The van der Waals surface area contributed by atoms with E-state index < -0.39 is 0 Å². The van der Waals surface area contributed by atoms with E-state index in [9.17, 15) is 0 Å². The lowest BCUT2D eigenvalue weighted by molar-refractivity contribution is -0.0715. The zero-order valence-corrected chi connectivity index (χ0v) is 16.8. The number of hydrogen-bond acceptors (Lipinski definition) is 6. The number of fused-ring (bicyclic) bond motifs is 3. The summed E-state index contributed by atoms with van der Waals surface area (Å²) in [4.78, 5) is 13.8. The minimum atomic E-state index is -0.0247. The number of halogens is 1. The fourth-order valence-electron chi connectivity index (χ4n) is 6.88. The lowest BCUT2D eigenvalue weighted by Gasteiger charge is -2.60. The summed E-state index contributed by atoms with van der Waals surface area (Å²) in [5, 5.41) is 15.1. The van der Waals surface area contributed by atoms with E-state index in [0.717, 1.165) is 54.6 Å². The highest BCUT2D eigenvalue weighted by atomic mass is 35.5. The van der Waals surface area contributed by atoms with Gasteiger partial charge in [-0.05, 0) is 62.0 Å². The highest BCUT2D eigenvalue weighted by molar-refractivity contribution is 6.28. The molecule has 0 aromatic carbocycles. The van der Waals surface area contributed by atoms with Gasteiger partial charge in [-0.3, -0.25) is 4.68 Å². The van der Waals surface area contributed by atoms with Crippen molar-refractivity contribution in [3.8, 4) is 0 Å². The van der Waals surface area contributed by atoms with E-state index in [1.54, 1.807) is 11.0 Å². The van der Waals surface area contributed by atoms with E-state index >= 15 is 0 Å². The zero-order chi connectivity index (χ0) is 19.4. The van der Waals surface area contributed by atoms with Gasteiger partial charge in [0.05, 0.1) is 17.1 Å². The van der Waals surface area contributed by atoms with Gasteiger partial charge >= 0.3 is 0 Å². The summed E-state index contributed by atoms with van der Waals surface area (Å²) in [5.41, 5.74) is 1.62. The molecular weight excluding hydrogens is 390 g/mol. The molecule has 8 rings (SSSR count). The maximum atomic E-state index is 6.08. The Morgan fingerprint density at radius 3 is 2.62 bits per heavy atom. The van der Waals surface area contributed by atoms with Crippen molar-refractivity contribution in [2.24, 2.45) is 18.9 Å². The molecule has 29 heavy (non-hydrogen) atoms. The normalized spacial score (nSPS) is 33.3. The molecule has 0 spiro atoms. The van der Waals surface area contributed by atoms with Crippen LogP contribution in [0, 0.1) is 11.8 Å². The first kappa shape index (κ1) is 16.3. The van der Waals surface area contributed by atoms with Crippen molar-refractivity contribution in [2.75, 3.05) is 0 Å². The van der Waals surface area contributed by atoms with Gasteiger partial charge in [0.25, 0.3) is 0 Å². The molecule has 10 heteroatoms. The average Bonchev–Trinajstić information content (AvgIpc) is 3.39. The van der Waals surface area contributed by atoms with Crippen LogP contribution in [0.1, 0.15) is 44.3 Å². The predicted molar refractivity (Wildman–Crippen MR) is 104 cm³/mol. The maximum absolute atomic E-state index is 6.08. The minimum Gasteiger partial charge on any atom is -0.250 e. The van der Waals surface area contributed by atoms with E-state index in [-0.39, 0.29) is 11.0 Å². The summed E-state index contributed by atoms with van der Waals surface area (Å²) in [7, 11) is 1.90. The van der Waals surface area contributed by atoms with E-state index in [1.165, 1.54) is 6.42 Å².